The fourth-order valence-electron chi connectivity index (χ4n) is 4.03. The molecule has 2 unspecified atom stereocenters. The normalized spacial score (nSPS) is 19.8. The molecule has 2 atom stereocenters. The zero-order valence-electron chi connectivity index (χ0n) is 18.0. The van der Waals surface area contributed by atoms with Crippen LogP contribution in [0.25, 0.3) is 0 Å². The average molecular weight is 421 g/mol. The minimum absolute atomic E-state index is 0.169. The molecule has 0 radical (unpaired) electrons. The molecule has 2 aromatic rings. The molecule has 1 aliphatic carbocycles. The average Bonchev–Trinajstić information content (AvgIpc) is 2.73. The molecule has 1 heterocycles. The summed E-state index contributed by atoms with van der Waals surface area (Å²) in [6.07, 6.45) is 8.38. The molecule has 0 amide bonds. The van der Waals surface area contributed by atoms with E-state index in [0.29, 0.717) is 13.2 Å². The third kappa shape index (κ3) is 3.94. The summed E-state index contributed by atoms with van der Waals surface area (Å²) >= 11 is 0. The first kappa shape index (κ1) is 20.8. The number of ketones is 1. The van der Waals surface area contributed by atoms with Crippen LogP contribution in [0.1, 0.15) is 35.3 Å². The van der Waals surface area contributed by atoms with Crippen LogP contribution >= 0.6 is 10.5 Å². The second-order valence-corrected chi connectivity index (χ2v) is 9.94. The topological polar surface area (TPSA) is 35.5 Å². The van der Waals surface area contributed by atoms with Gasteiger partial charge in [0.1, 0.15) is 12.4 Å². The van der Waals surface area contributed by atoms with Crippen LogP contribution < -0.4 is 4.74 Å². The minimum atomic E-state index is -0.285. The minimum Gasteiger partial charge on any atom is -0.491 e. The summed E-state index contributed by atoms with van der Waals surface area (Å²) in [4.78, 5) is 16.6. The summed E-state index contributed by atoms with van der Waals surface area (Å²) in [5.41, 5.74) is 3.07. The third-order valence-electron chi connectivity index (χ3n) is 5.32. The van der Waals surface area contributed by atoms with Gasteiger partial charge in [-0.1, -0.05) is 42.5 Å². The van der Waals surface area contributed by atoms with Crippen molar-refractivity contribution in [3.05, 3.63) is 77.4 Å². The van der Waals surface area contributed by atoms with Gasteiger partial charge in [-0.2, -0.15) is 0 Å². The number of allylic oxidation sites excluding steroid dienone is 4. The van der Waals surface area contributed by atoms with Crippen molar-refractivity contribution in [1.82, 2.24) is 0 Å². The Morgan fingerprint density at radius 3 is 2.50 bits per heavy atom. The summed E-state index contributed by atoms with van der Waals surface area (Å²) in [7, 11) is -0.285. The lowest BCUT2D eigenvalue weighted by Crippen LogP contribution is -2.27. The molecular weight excluding hydrogens is 392 g/mol. The van der Waals surface area contributed by atoms with E-state index in [1.54, 1.807) is 0 Å². The Hall–Kier alpha value is -2.43. The molecule has 3 nitrogen and oxygen atoms in total. The van der Waals surface area contributed by atoms with Crippen molar-refractivity contribution in [2.24, 2.45) is 5.92 Å². The van der Waals surface area contributed by atoms with Crippen LogP contribution in [0.5, 0.6) is 5.75 Å². The Labute approximate surface area is 181 Å². The Bertz CT molecular complexity index is 1050. The molecule has 30 heavy (non-hydrogen) atoms. The lowest BCUT2D eigenvalue weighted by molar-refractivity contribution is 0.0550. The molecule has 0 fully saturated rings. The number of carbonyl (C=O) groups excluding carboxylic acids is 1. The van der Waals surface area contributed by atoms with Crippen molar-refractivity contribution in [3.63, 3.8) is 0 Å². The highest BCUT2D eigenvalue weighted by Gasteiger charge is 2.32. The van der Waals surface area contributed by atoms with Crippen molar-refractivity contribution in [2.75, 3.05) is 13.2 Å². The van der Waals surface area contributed by atoms with E-state index in [1.165, 1.54) is 9.76 Å². The Morgan fingerprint density at radius 1 is 1.03 bits per heavy atom. The second kappa shape index (κ2) is 8.75. The van der Waals surface area contributed by atoms with E-state index in [1.807, 2.05) is 50.3 Å². The standard InChI is InChI=1S/C26H28O3S/c1-17(2)28-13-14-29-26-18(3)15-20(16-19(26)4)30-23-11-7-5-9-21(23)25(27)22-10-6-8-12-24(22)30/h5-12,15-17,21H,13-14H2,1-4H3. The van der Waals surface area contributed by atoms with Gasteiger partial charge in [0.2, 0.25) is 0 Å². The number of Topliss-reactive ketones (excluding diaryl/α,β-unsaturated/α-hetero) is 1. The lowest BCUT2D eigenvalue weighted by Gasteiger charge is -2.29. The van der Waals surface area contributed by atoms with Crippen molar-refractivity contribution in [1.29, 1.82) is 0 Å². The zero-order valence-corrected chi connectivity index (χ0v) is 18.8. The maximum Gasteiger partial charge on any atom is 0.175 e. The number of benzene rings is 2. The van der Waals surface area contributed by atoms with Gasteiger partial charge in [-0.3, -0.25) is 4.79 Å². The summed E-state index contributed by atoms with van der Waals surface area (Å²) in [6.45, 7) is 9.36. The first-order valence-electron chi connectivity index (χ1n) is 10.4. The van der Waals surface area contributed by atoms with Crippen LogP contribution in [0.4, 0.5) is 0 Å². The summed E-state index contributed by atoms with van der Waals surface area (Å²) < 4.78 is 11.6. The van der Waals surface area contributed by atoms with Crippen LogP contribution in [-0.4, -0.2) is 30.0 Å². The number of rotatable bonds is 6. The van der Waals surface area contributed by atoms with E-state index in [0.717, 1.165) is 27.3 Å². The molecular formula is C26H28O3S. The first-order chi connectivity index (χ1) is 14.5. The molecule has 0 spiro atoms. The predicted molar refractivity (Wildman–Crippen MR) is 124 cm³/mol. The number of fused-ring (bicyclic) bond motifs is 2. The van der Waals surface area contributed by atoms with Crippen molar-refractivity contribution < 1.29 is 14.3 Å². The van der Waals surface area contributed by atoms with E-state index in [2.05, 4.69) is 38.1 Å². The van der Waals surface area contributed by atoms with Gasteiger partial charge in [-0.25, -0.2) is 0 Å². The van der Waals surface area contributed by atoms with E-state index in [9.17, 15) is 4.79 Å². The highest BCUT2D eigenvalue weighted by Crippen LogP contribution is 2.47. The van der Waals surface area contributed by atoms with Crippen molar-refractivity contribution >= 4 is 21.1 Å². The number of hydrogen-bond donors (Lipinski definition) is 0. The molecule has 4 rings (SSSR count). The quantitative estimate of drug-likeness (QED) is 0.431. The van der Waals surface area contributed by atoms with E-state index >= 15 is 0 Å². The molecule has 0 saturated carbocycles. The van der Waals surface area contributed by atoms with Crippen LogP contribution in [0.2, 0.25) is 0 Å². The van der Waals surface area contributed by atoms with E-state index < -0.39 is 0 Å². The predicted octanol–water partition coefficient (Wildman–Crippen LogP) is 5.91. The van der Waals surface area contributed by atoms with Gasteiger partial charge in [0.25, 0.3) is 0 Å². The largest absolute Gasteiger partial charge is 0.491 e. The highest BCUT2D eigenvalue weighted by molar-refractivity contribution is 8.16. The van der Waals surface area contributed by atoms with E-state index in [-0.39, 0.29) is 28.3 Å². The monoisotopic (exact) mass is 420 g/mol. The first-order valence-corrected chi connectivity index (χ1v) is 11.6. The smallest absolute Gasteiger partial charge is 0.175 e. The van der Waals surface area contributed by atoms with Gasteiger partial charge < -0.3 is 9.47 Å². The maximum absolute atomic E-state index is 13.1. The molecule has 0 saturated heterocycles. The molecule has 0 bridgehead atoms. The van der Waals surface area contributed by atoms with Gasteiger partial charge in [0, 0.05) is 15.4 Å². The molecule has 0 aromatic heterocycles. The molecule has 156 valence electrons. The fraction of sp³-hybridized carbons (Fsp3) is 0.308. The molecule has 0 N–H and O–H groups in total. The second-order valence-electron chi connectivity index (χ2n) is 7.94. The third-order valence-corrected chi connectivity index (χ3v) is 7.69. The Balaban J connectivity index is 1.75. The van der Waals surface area contributed by atoms with E-state index in [4.69, 9.17) is 9.47 Å². The van der Waals surface area contributed by atoms with Crippen LogP contribution in [0.3, 0.4) is 0 Å². The molecule has 1 aliphatic heterocycles. The van der Waals surface area contributed by atoms with Gasteiger partial charge >= 0.3 is 0 Å². The lowest BCUT2D eigenvalue weighted by atomic mass is 9.91. The molecule has 2 aromatic carbocycles. The zero-order chi connectivity index (χ0) is 21.3. The number of ether oxygens (including phenoxy) is 2. The van der Waals surface area contributed by atoms with Crippen LogP contribution in [0, 0.1) is 19.8 Å². The van der Waals surface area contributed by atoms with Gasteiger partial charge in [0.15, 0.2) is 5.78 Å². The number of hydrogen-bond acceptors (Lipinski definition) is 3. The summed E-state index contributed by atoms with van der Waals surface area (Å²) in [6, 6.07) is 12.5. The Morgan fingerprint density at radius 2 is 1.77 bits per heavy atom. The van der Waals surface area contributed by atoms with Gasteiger partial charge in [-0.15, -0.1) is 10.5 Å². The van der Waals surface area contributed by atoms with Crippen LogP contribution in [-0.2, 0) is 4.74 Å². The molecule has 4 heteroatoms. The van der Waals surface area contributed by atoms with Gasteiger partial charge in [-0.05, 0) is 61.9 Å². The maximum atomic E-state index is 13.1. The van der Waals surface area contributed by atoms with Crippen LogP contribution in [0.15, 0.2) is 70.5 Å². The highest BCUT2D eigenvalue weighted by atomic mass is 32.2. The van der Waals surface area contributed by atoms with Gasteiger partial charge in [0.05, 0.1) is 18.6 Å². The number of carbonyl (C=O) groups is 1. The van der Waals surface area contributed by atoms with Crippen molar-refractivity contribution in [2.45, 2.75) is 43.6 Å². The van der Waals surface area contributed by atoms with Crippen molar-refractivity contribution in [3.8, 4) is 5.75 Å². The fourth-order valence-corrected chi connectivity index (χ4v) is 6.65. The Kier molecular flexibility index (Phi) is 6.07. The SMILES string of the molecule is Cc1cc(S2=C3C=CC=CC3C(=O)c3ccccc32)cc(C)c1OCCOC(C)C. The summed E-state index contributed by atoms with van der Waals surface area (Å²) in [5, 5.41) is 0. The molecule has 2 aliphatic rings. The summed E-state index contributed by atoms with van der Waals surface area (Å²) in [5.74, 6) is 0.957. The number of aryl methyl sites for hydroxylation is 2.